The van der Waals surface area contributed by atoms with E-state index in [1.165, 1.54) is 6.07 Å². The van der Waals surface area contributed by atoms with Crippen molar-refractivity contribution in [3.63, 3.8) is 0 Å². The van der Waals surface area contributed by atoms with Crippen molar-refractivity contribution in [2.45, 2.75) is 33.4 Å². The Labute approximate surface area is 113 Å². The smallest absolute Gasteiger partial charge is 0.131 e. The van der Waals surface area contributed by atoms with Gasteiger partial charge in [-0.3, -0.25) is 4.98 Å². The first-order valence-electron chi connectivity index (χ1n) is 6.50. The van der Waals surface area contributed by atoms with Gasteiger partial charge in [0, 0.05) is 30.5 Å². The number of nitrogens with one attached hydrogen (secondary N) is 1. The highest BCUT2D eigenvalue weighted by Crippen LogP contribution is 2.26. The van der Waals surface area contributed by atoms with Gasteiger partial charge in [0.2, 0.25) is 0 Å². The Hall–Kier alpha value is -1.74. The fourth-order valence-electron chi connectivity index (χ4n) is 1.99. The van der Waals surface area contributed by atoms with Crippen molar-refractivity contribution in [1.29, 1.82) is 0 Å². The summed E-state index contributed by atoms with van der Waals surface area (Å²) in [4.78, 5) is 4.05. The van der Waals surface area contributed by atoms with Gasteiger partial charge in [0.1, 0.15) is 5.82 Å². The van der Waals surface area contributed by atoms with Crippen molar-refractivity contribution in [2.75, 3.05) is 0 Å². The number of hydrogen-bond acceptors (Lipinski definition) is 2. The van der Waals surface area contributed by atoms with Gasteiger partial charge in [-0.25, -0.2) is 4.39 Å². The summed E-state index contributed by atoms with van der Waals surface area (Å²) in [5, 5.41) is 3.34. The summed E-state index contributed by atoms with van der Waals surface area (Å²) in [5.74, 6) is -0.192. The molecule has 0 aliphatic rings. The molecule has 0 atom stereocenters. The van der Waals surface area contributed by atoms with E-state index in [2.05, 4.69) is 24.1 Å². The van der Waals surface area contributed by atoms with Crippen molar-refractivity contribution in [2.24, 2.45) is 0 Å². The van der Waals surface area contributed by atoms with Crippen LogP contribution >= 0.6 is 0 Å². The van der Waals surface area contributed by atoms with Gasteiger partial charge in [0.25, 0.3) is 0 Å². The third-order valence-corrected chi connectivity index (χ3v) is 3.06. The molecule has 0 unspecified atom stereocenters. The Bertz CT molecular complexity index is 564. The first-order chi connectivity index (χ1) is 9.08. The zero-order valence-electron chi connectivity index (χ0n) is 11.6. The topological polar surface area (TPSA) is 24.9 Å². The molecule has 1 aromatic heterocycles. The molecular weight excluding hydrogens is 239 g/mol. The highest BCUT2D eigenvalue weighted by molar-refractivity contribution is 5.67. The van der Waals surface area contributed by atoms with Crippen LogP contribution in [0.5, 0.6) is 0 Å². The molecule has 0 aliphatic heterocycles. The first kappa shape index (κ1) is 13.7. The van der Waals surface area contributed by atoms with Crippen LogP contribution in [0, 0.1) is 12.7 Å². The molecule has 1 heterocycles. The van der Waals surface area contributed by atoms with Gasteiger partial charge >= 0.3 is 0 Å². The number of aryl methyl sites for hydroxylation is 1. The molecule has 0 amide bonds. The molecule has 2 aromatic rings. The zero-order valence-corrected chi connectivity index (χ0v) is 11.6. The maximum Gasteiger partial charge on any atom is 0.131 e. The Balaban J connectivity index is 2.35. The van der Waals surface area contributed by atoms with E-state index in [-0.39, 0.29) is 5.82 Å². The van der Waals surface area contributed by atoms with E-state index in [1.54, 1.807) is 12.4 Å². The second-order valence-corrected chi connectivity index (χ2v) is 5.04. The van der Waals surface area contributed by atoms with Crippen molar-refractivity contribution in [3.8, 4) is 11.1 Å². The predicted octanol–water partition coefficient (Wildman–Crippen LogP) is 3.69. The number of benzene rings is 1. The molecule has 100 valence electrons. The summed E-state index contributed by atoms with van der Waals surface area (Å²) in [7, 11) is 0. The van der Waals surface area contributed by atoms with Gasteiger partial charge in [-0.2, -0.15) is 0 Å². The minimum Gasteiger partial charge on any atom is -0.310 e. The van der Waals surface area contributed by atoms with Crippen molar-refractivity contribution in [1.82, 2.24) is 10.3 Å². The molecule has 0 bridgehead atoms. The molecule has 19 heavy (non-hydrogen) atoms. The predicted molar refractivity (Wildman–Crippen MR) is 76.3 cm³/mol. The summed E-state index contributed by atoms with van der Waals surface area (Å²) >= 11 is 0. The summed E-state index contributed by atoms with van der Waals surface area (Å²) in [6, 6.07) is 7.54. The summed E-state index contributed by atoms with van der Waals surface area (Å²) < 4.78 is 14.0. The number of halogens is 1. The minimum atomic E-state index is -0.192. The molecular formula is C16H19FN2. The molecule has 0 saturated carbocycles. The van der Waals surface area contributed by atoms with Gasteiger partial charge in [0.05, 0.1) is 0 Å². The van der Waals surface area contributed by atoms with Gasteiger partial charge in [-0.1, -0.05) is 19.9 Å². The highest BCUT2D eigenvalue weighted by Gasteiger charge is 2.09. The van der Waals surface area contributed by atoms with Crippen molar-refractivity contribution in [3.05, 3.63) is 53.6 Å². The highest BCUT2D eigenvalue weighted by atomic mass is 19.1. The van der Waals surface area contributed by atoms with Crippen LogP contribution in [0.2, 0.25) is 0 Å². The van der Waals surface area contributed by atoms with E-state index in [0.29, 0.717) is 11.6 Å². The van der Waals surface area contributed by atoms with Crippen molar-refractivity contribution < 1.29 is 4.39 Å². The number of pyridine rings is 1. The van der Waals surface area contributed by atoms with E-state index in [9.17, 15) is 4.39 Å². The van der Waals surface area contributed by atoms with Crippen LogP contribution in [0.25, 0.3) is 11.1 Å². The second kappa shape index (κ2) is 5.93. The van der Waals surface area contributed by atoms with Crippen LogP contribution in [0.4, 0.5) is 4.39 Å². The Morgan fingerprint density at radius 3 is 2.68 bits per heavy atom. The van der Waals surface area contributed by atoms with Crippen LogP contribution in [-0.4, -0.2) is 11.0 Å². The molecule has 1 N–H and O–H groups in total. The Kier molecular flexibility index (Phi) is 4.27. The first-order valence-corrected chi connectivity index (χ1v) is 6.50. The summed E-state index contributed by atoms with van der Waals surface area (Å²) in [5.41, 5.74) is 3.61. The maximum absolute atomic E-state index is 14.0. The lowest BCUT2D eigenvalue weighted by Crippen LogP contribution is -2.21. The third-order valence-electron chi connectivity index (χ3n) is 3.06. The van der Waals surface area contributed by atoms with E-state index in [0.717, 1.165) is 23.2 Å². The maximum atomic E-state index is 14.0. The number of nitrogens with zero attached hydrogens (tertiary/aromatic N) is 1. The SMILES string of the molecule is Cc1cnccc1-c1cc(CNC(C)C)ccc1F. The molecule has 0 saturated heterocycles. The third kappa shape index (κ3) is 3.38. The number of hydrogen-bond donors (Lipinski definition) is 1. The van der Waals surface area contributed by atoms with E-state index >= 15 is 0 Å². The normalized spacial score (nSPS) is 11.0. The van der Waals surface area contributed by atoms with Gasteiger partial charge < -0.3 is 5.32 Å². The van der Waals surface area contributed by atoms with E-state index < -0.39 is 0 Å². The van der Waals surface area contributed by atoms with Crippen LogP contribution < -0.4 is 5.32 Å². The fraction of sp³-hybridized carbons (Fsp3) is 0.312. The van der Waals surface area contributed by atoms with E-state index in [4.69, 9.17) is 0 Å². The molecule has 3 heteroatoms. The van der Waals surface area contributed by atoms with E-state index in [1.807, 2.05) is 25.1 Å². The molecule has 0 fully saturated rings. The molecule has 1 aromatic carbocycles. The van der Waals surface area contributed by atoms with Crippen LogP contribution in [0.1, 0.15) is 25.0 Å². The Morgan fingerprint density at radius 1 is 1.21 bits per heavy atom. The summed E-state index contributed by atoms with van der Waals surface area (Å²) in [6.45, 7) is 6.88. The lowest BCUT2D eigenvalue weighted by molar-refractivity contribution is 0.586. The monoisotopic (exact) mass is 258 g/mol. The van der Waals surface area contributed by atoms with Gasteiger partial charge in [0.15, 0.2) is 0 Å². The number of rotatable bonds is 4. The largest absolute Gasteiger partial charge is 0.310 e. The number of aromatic nitrogens is 1. The average Bonchev–Trinajstić information content (AvgIpc) is 2.38. The van der Waals surface area contributed by atoms with Gasteiger partial charge in [-0.15, -0.1) is 0 Å². The van der Waals surface area contributed by atoms with Crippen molar-refractivity contribution >= 4 is 0 Å². The zero-order chi connectivity index (χ0) is 13.8. The van der Waals surface area contributed by atoms with Crippen LogP contribution in [-0.2, 0) is 6.54 Å². The molecule has 0 spiro atoms. The quantitative estimate of drug-likeness (QED) is 0.904. The second-order valence-electron chi connectivity index (χ2n) is 5.04. The average molecular weight is 258 g/mol. The molecule has 2 rings (SSSR count). The van der Waals surface area contributed by atoms with Crippen LogP contribution in [0.15, 0.2) is 36.7 Å². The van der Waals surface area contributed by atoms with Crippen LogP contribution in [0.3, 0.4) is 0 Å². The Morgan fingerprint density at radius 2 is 2.00 bits per heavy atom. The van der Waals surface area contributed by atoms with Gasteiger partial charge in [-0.05, 0) is 41.8 Å². The molecule has 2 nitrogen and oxygen atoms in total. The fourth-order valence-corrected chi connectivity index (χ4v) is 1.99. The molecule has 0 radical (unpaired) electrons. The minimum absolute atomic E-state index is 0.192. The standard InChI is InChI=1S/C16H19FN2/c1-11(2)19-10-13-4-5-16(17)15(8-13)14-6-7-18-9-12(14)3/h4-9,11,19H,10H2,1-3H3. The lowest BCUT2D eigenvalue weighted by atomic mass is 10.00. The lowest BCUT2D eigenvalue weighted by Gasteiger charge is -2.11. The molecule has 0 aliphatic carbocycles. The summed E-state index contributed by atoms with van der Waals surface area (Å²) in [6.07, 6.45) is 3.45.